The van der Waals surface area contributed by atoms with Crippen LogP contribution in [0.4, 0.5) is 17.1 Å². The molecule has 0 radical (unpaired) electrons. The molecule has 11 heteroatoms. The molecule has 0 aliphatic carbocycles. The average Bonchev–Trinajstić information content (AvgIpc) is 3.67. The van der Waals surface area contributed by atoms with Crippen molar-refractivity contribution < 1.29 is 9.53 Å². The van der Waals surface area contributed by atoms with E-state index in [2.05, 4.69) is 90.4 Å². The highest BCUT2D eigenvalue weighted by Crippen LogP contribution is 2.34. The van der Waals surface area contributed by atoms with Gasteiger partial charge in [0.05, 0.1) is 52.8 Å². The van der Waals surface area contributed by atoms with Crippen LogP contribution < -0.4 is 20.7 Å². The summed E-state index contributed by atoms with van der Waals surface area (Å²) in [5.74, 6) is 7.61. The van der Waals surface area contributed by atoms with Gasteiger partial charge in [0.1, 0.15) is 17.2 Å². The number of carbonyl (C=O) groups is 1. The summed E-state index contributed by atoms with van der Waals surface area (Å²) in [6, 6.07) is 17.2. The van der Waals surface area contributed by atoms with Crippen LogP contribution in [0.15, 0.2) is 91.8 Å². The minimum absolute atomic E-state index is 0.122. The maximum atomic E-state index is 13.7. The van der Waals surface area contributed by atoms with Gasteiger partial charge in [-0.15, -0.1) is 9.24 Å². The molecule has 2 aromatic carbocycles. The lowest BCUT2D eigenvalue weighted by atomic mass is 9.82. The van der Waals surface area contributed by atoms with Crippen LogP contribution in [-0.4, -0.2) is 28.3 Å². The van der Waals surface area contributed by atoms with Gasteiger partial charge in [0, 0.05) is 41.5 Å². The highest BCUT2D eigenvalue weighted by molar-refractivity contribution is 14.1. The molecule has 6 aromatic rings. The average molecular weight is 754 g/mol. The minimum Gasteiger partial charge on any atom is -0.457 e. The number of amides is 1. The van der Waals surface area contributed by atoms with Gasteiger partial charge >= 0.3 is 0 Å². The summed E-state index contributed by atoms with van der Waals surface area (Å²) in [5, 5.41) is 11.5. The number of ether oxygens (including phenoxy) is 1. The molecular formula is C36H33IN7O2P. The second-order valence-electron chi connectivity index (χ2n) is 11.7. The predicted molar refractivity (Wildman–Crippen MR) is 199 cm³/mol. The third-order valence-corrected chi connectivity index (χ3v) is 9.05. The lowest BCUT2D eigenvalue weighted by molar-refractivity contribution is 0.102. The summed E-state index contributed by atoms with van der Waals surface area (Å²) < 4.78 is 9.80. The van der Waals surface area contributed by atoms with Gasteiger partial charge in [-0.1, -0.05) is 32.8 Å². The van der Waals surface area contributed by atoms with Crippen molar-refractivity contribution in [3.05, 3.63) is 120 Å². The second-order valence-corrected chi connectivity index (χ2v) is 13.3. The number of hydrogen-bond acceptors (Lipinski definition) is 6. The van der Waals surface area contributed by atoms with Crippen LogP contribution in [0, 0.1) is 18.8 Å². The van der Waals surface area contributed by atoms with Crippen LogP contribution in [0.2, 0.25) is 0 Å². The molecule has 4 heterocycles. The number of anilines is 3. The number of carbonyl (C=O) groups excluding carboxylic acids is 1. The SMILES string of the molecule is CCC(C)(C)c1cc(NC(=O)c2cc(C#Cc3cnc4c(Nc5cnn(I)c5)cccn34)c(C)cc2P)cc(Oc2ccncc2)c1. The zero-order valence-electron chi connectivity index (χ0n) is 26.4. The standard InChI is InChI=1S/C36H33IN7O2P/c1-5-36(3,4)25-17-26(19-30(18-25)46-29-10-12-38-13-11-29)42-35(45)31-16-24(23(2)15-33(31)47)8-9-28-21-39-34-32(7-6-14-43(28)34)41-27-20-40-44(37)22-27/h6-7,10-22,41H,5,47H2,1-4H3,(H,42,45). The number of rotatable bonds is 8. The minimum atomic E-state index is -0.236. The van der Waals surface area contributed by atoms with E-state index in [9.17, 15) is 4.79 Å². The van der Waals surface area contributed by atoms with E-state index in [0.29, 0.717) is 22.7 Å². The first kappa shape index (κ1) is 32.2. The first-order chi connectivity index (χ1) is 22.6. The lowest BCUT2D eigenvalue weighted by Gasteiger charge is -2.25. The second kappa shape index (κ2) is 13.6. The van der Waals surface area contributed by atoms with Crippen molar-refractivity contribution in [2.75, 3.05) is 10.6 Å². The number of halogens is 1. The van der Waals surface area contributed by atoms with E-state index >= 15 is 0 Å². The van der Waals surface area contributed by atoms with Crippen molar-refractivity contribution in [1.29, 1.82) is 0 Å². The lowest BCUT2D eigenvalue weighted by Crippen LogP contribution is -2.20. The van der Waals surface area contributed by atoms with Crippen LogP contribution in [0.5, 0.6) is 11.5 Å². The summed E-state index contributed by atoms with van der Waals surface area (Å²) in [5.41, 5.74) is 7.00. The molecule has 1 unspecified atom stereocenters. The van der Waals surface area contributed by atoms with Crippen LogP contribution in [0.25, 0.3) is 5.65 Å². The van der Waals surface area contributed by atoms with Gasteiger partial charge in [-0.25, -0.2) is 7.88 Å². The van der Waals surface area contributed by atoms with Crippen molar-refractivity contribution in [3.8, 4) is 23.3 Å². The fraction of sp³-hybridized carbons (Fsp3) is 0.167. The highest BCUT2D eigenvalue weighted by atomic mass is 127. The molecule has 4 aromatic heterocycles. The largest absolute Gasteiger partial charge is 0.457 e. The third-order valence-electron chi connectivity index (χ3n) is 8.05. The van der Waals surface area contributed by atoms with Crippen LogP contribution >= 0.6 is 32.1 Å². The summed E-state index contributed by atoms with van der Waals surface area (Å²) in [6.45, 7) is 8.49. The molecule has 2 N–H and O–H groups in total. The molecule has 0 saturated carbocycles. The molecule has 236 valence electrons. The number of imidazole rings is 1. The monoisotopic (exact) mass is 753 g/mol. The summed E-state index contributed by atoms with van der Waals surface area (Å²) in [4.78, 5) is 22.4. The van der Waals surface area contributed by atoms with E-state index in [4.69, 9.17) is 4.74 Å². The van der Waals surface area contributed by atoms with E-state index < -0.39 is 0 Å². The molecule has 47 heavy (non-hydrogen) atoms. The molecule has 0 spiro atoms. The number of pyridine rings is 2. The number of fused-ring (bicyclic) bond motifs is 1. The van der Waals surface area contributed by atoms with E-state index in [1.165, 1.54) is 0 Å². The van der Waals surface area contributed by atoms with Crippen molar-refractivity contribution >= 4 is 66.0 Å². The Kier molecular flexibility index (Phi) is 9.30. The van der Waals surface area contributed by atoms with E-state index in [-0.39, 0.29) is 11.3 Å². The number of nitrogens with zero attached hydrogens (tertiary/aromatic N) is 5. The number of nitrogens with one attached hydrogen (secondary N) is 2. The first-order valence-corrected chi connectivity index (χ1v) is 16.5. The van der Waals surface area contributed by atoms with Gasteiger partial charge in [0.25, 0.3) is 5.91 Å². The zero-order chi connectivity index (χ0) is 33.1. The Hall–Kier alpha value is -4.72. The molecular weight excluding hydrogens is 720 g/mol. The van der Waals surface area contributed by atoms with Crippen molar-refractivity contribution in [2.24, 2.45) is 0 Å². The zero-order valence-corrected chi connectivity index (χ0v) is 29.7. The van der Waals surface area contributed by atoms with Gasteiger partial charge in [-0.05, 0) is 83.6 Å². The Bertz CT molecular complexity index is 2160. The topological polar surface area (TPSA) is 98.4 Å². The summed E-state index contributed by atoms with van der Waals surface area (Å²) in [6.07, 6.45) is 11.6. The van der Waals surface area contributed by atoms with E-state index in [1.54, 1.807) is 39.8 Å². The van der Waals surface area contributed by atoms with Crippen molar-refractivity contribution in [1.82, 2.24) is 22.4 Å². The summed E-state index contributed by atoms with van der Waals surface area (Å²) >= 11 is 2.10. The first-order valence-electron chi connectivity index (χ1n) is 15.0. The number of benzene rings is 2. The van der Waals surface area contributed by atoms with Crippen molar-refractivity contribution in [2.45, 2.75) is 39.5 Å². The van der Waals surface area contributed by atoms with Gasteiger partial charge < -0.3 is 15.4 Å². The molecule has 1 atom stereocenters. The number of hydrogen-bond donors (Lipinski definition) is 2. The molecule has 0 saturated heterocycles. The molecule has 1 amide bonds. The van der Waals surface area contributed by atoms with E-state index in [0.717, 1.165) is 51.1 Å². The molecule has 0 aliphatic heterocycles. The number of aromatic nitrogens is 5. The van der Waals surface area contributed by atoms with Crippen molar-refractivity contribution in [3.63, 3.8) is 0 Å². The molecule has 0 aliphatic rings. The van der Waals surface area contributed by atoms with Gasteiger partial charge in [-0.3, -0.25) is 14.2 Å². The Labute approximate surface area is 289 Å². The van der Waals surface area contributed by atoms with Gasteiger partial charge in [0.15, 0.2) is 5.65 Å². The van der Waals surface area contributed by atoms with Crippen LogP contribution in [0.1, 0.15) is 59.9 Å². The maximum Gasteiger partial charge on any atom is 0.256 e. The quantitative estimate of drug-likeness (QED) is 0.0936. The molecule has 6 rings (SSSR count). The van der Waals surface area contributed by atoms with Gasteiger partial charge in [-0.2, -0.15) is 5.10 Å². The Morgan fingerprint density at radius 2 is 1.85 bits per heavy atom. The maximum absolute atomic E-state index is 13.7. The third kappa shape index (κ3) is 7.32. The predicted octanol–water partition coefficient (Wildman–Crippen LogP) is 7.81. The Morgan fingerprint density at radius 1 is 1.04 bits per heavy atom. The van der Waals surface area contributed by atoms with Crippen LogP contribution in [0.3, 0.4) is 0 Å². The molecule has 0 fully saturated rings. The van der Waals surface area contributed by atoms with Gasteiger partial charge in [0.2, 0.25) is 0 Å². The fourth-order valence-corrected chi connectivity index (χ4v) is 5.87. The van der Waals surface area contributed by atoms with E-state index in [1.807, 2.05) is 66.2 Å². The smallest absolute Gasteiger partial charge is 0.256 e. The van der Waals surface area contributed by atoms with Crippen LogP contribution in [-0.2, 0) is 5.41 Å². The molecule has 0 bridgehead atoms. The number of aryl methyl sites for hydroxylation is 1. The fourth-order valence-electron chi connectivity index (χ4n) is 4.98. The Balaban J connectivity index is 1.28. The normalized spacial score (nSPS) is 11.2. The highest BCUT2D eigenvalue weighted by Gasteiger charge is 2.21. The summed E-state index contributed by atoms with van der Waals surface area (Å²) in [7, 11) is 2.68. The Morgan fingerprint density at radius 3 is 2.60 bits per heavy atom. The molecule has 9 nitrogen and oxygen atoms in total.